The van der Waals surface area contributed by atoms with Crippen molar-refractivity contribution in [3.8, 4) is 0 Å². The lowest BCUT2D eigenvalue weighted by Crippen LogP contribution is -2.66. The summed E-state index contributed by atoms with van der Waals surface area (Å²) in [7, 11) is 1.83. The number of aromatic nitrogens is 1. The second kappa shape index (κ2) is 7.16. The first-order valence-corrected chi connectivity index (χ1v) is 10.7. The molecule has 1 aromatic heterocycles. The Morgan fingerprint density at radius 2 is 1.90 bits per heavy atom. The van der Waals surface area contributed by atoms with Gasteiger partial charge in [-0.3, -0.25) is 14.4 Å². The number of hydrogen-bond donors (Lipinski definition) is 1. The molecule has 3 aliphatic heterocycles. The molecular formula is C21H28N4O4. The lowest BCUT2D eigenvalue weighted by molar-refractivity contribution is -0.161. The molecule has 1 N–H and O–H groups in total. The Morgan fingerprint density at radius 3 is 2.62 bits per heavy atom. The highest BCUT2D eigenvalue weighted by atomic mass is 16.5. The van der Waals surface area contributed by atoms with Crippen LogP contribution in [0.3, 0.4) is 0 Å². The average molecular weight is 400 g/mol. The van der Waals surface area contributed by atoms with E-state index < -0.39 is 6.04 Å². The minimum atomic E-state index is -0.478. The van der Waals surface area contributed by atoms with Crippen molar-refractivity contribution < 1.29 is 19.1 Å². The minimum absolute atomic E-state index is 0.00457. The molecule has 0 aromatic carbocycles. The molecule has 0 spiro atoms. The smallest absolute Gasteiger partial charge is 0.268 e. The van der Waals surface area contributed by atoms with Gasteiger partial charge in [0.15, 0.2) is 0 Å². The normalized spacial score (nSPS) is 31.6. The van der Waals surface area contributed by atoms with Crippen LogP contribution in [0.5, 0.6) is 0 Å². The van der Waals surface area contributed by atoms with Crippen molar-refractivity contribution in [2.24, 2.45) is 13.0 Å². The molecule has 156 valence electrons. The van der Waals surface area contributed by atoms with Crippen LogP contribution in [-0.2, 0) is 21.4 Å². The van der Waals surface area contributed by atoms with Gasteiger partial charge in [-0.15, -0.1) is 0 Å². The van der Waals surface area contributed by atoms with Gasteiger partial charge in [-0.1, -0.05) is 0 Å². The third-order valence-electron chi connectivity index (χ3n) is 6.78. The summed E-state index contributed by atoms with van der Waals surface area (Å²) in [6.07, 6.45) is 5.98. The van der Waals surface area contributed by atoms with Crippen LogP contribution < -0.4 is 5.32 Å². The third-order valence-corrected chi connectivity index (χ3v) is 6.78. The van der Waals surface area contributed by atoms with Gasteiger partial charge in [0.05, 0.1) is 6.10 Å². The maximum absolute atomic E-state index is 13.2. The molecule has 8 nitrogen and oxygen atoms in total. The van der Waals surface area contributed by atoms with E-state index in [9.17, 15) is 14.4 Å². The predicted molar refractivity (Wildman–Crippen MR) is 104 cm³/mol. The number of piperazine rings is 1. The van der Waals surface area contributed by atoms with Crippen LogP contribution in [0.1, 0.15) is 42.6 Å². The van der Waals surface area contributed by atoms with Gasteiger partial charge in [0.1, 0.15) is 17.8 Å². The van der Waals surface area contributed by atoms with Gasteiger partial charge in [-0.05, 0) is 43.7 Å². The molecule has 8 heteroatoms. The molecule has 3 saturated heterocycles. The van der Waals surface area contributed by atoms with E-state index in [0.717, 1.165) is 6.61 Å². The fourth-order valence-corrected chi connectivity index (χ4v) is 4.89. The van der Waals surface area contributed by atoms with E-state index in [0.29, 0.717) is 44.0 Å². The predicted octanol–water partition coefficient (Wildman–Crippen LogP) is 0.524. The first-order valence-electron chi connectivity index (χ1n) is 10.7. The van der Waals surface area contributed by atoms with Crippen LogP contribution in [-0.4, -0.2) is 76.0 Å². The van der Waals surface area contributed by atoms with E-state index in [4.69, 9.17) is 4.74 Å². The summed E-state index contributed by atoms with van der Waals surface area (Å²) in [4.78, 5) is 42.2. The molecule has 3 amide bonds. The van der Waals surface area contributed by atoms with Gasteiger partial charge in [0.2, 0.25) is 11.8 Å². The minimum Gasteiger partial charge on any atom is -0.376 e. The van der Waals surface area contributed by atoms with Gasteiger partial charge >= 0.3 is 0 Å². The quantitative estimate of drug-likeness (QED) is 0.781. The number of amides is 3. The van der Waals surface area contributed by atoms with Crippen molar-refractivity contribution in [1.29, 1.82) is 0 Å². The number of carbonyl (C=O) groups excluding carboxylic acids is 3. The molecule has 29 heavy (non-hydrogen) atoms. The number of hydrogen-bond acceptors (Lipinski definition) is 4. The van der Waals surface area contributed by atoms with Crippen LogP contribution in [0.4, 0.5) is 0 Å². The lowest BCUT2D eigenvalue weighted by atomic mass is 9.92. The number of nitrogens with one attached hydrogen (secondary N) is 1. The molecule has 4 heterocycles. The third kappa shape index (κ3) is 3.43. The van der Waals surface area contributed by atoms with Crippen LogP contribution in [0.2, 0.25) is 0 Å². The summed E-state index contributed by atoms with van der Waals surface area (Å²) >= 11 is 0. The summed E-state index contributed by atoms with van der Waals surface area (Å²) in [5.41, 5.74) is 0.591. The number of aryl methyl sites for hydroxylation is 1. The van der Waals surface area contributed by atoms with E-state index in [1.54, 1.807) is 20.4 Å². The maximum atomic E-state index is 13.2. The highest BCUT2D eigenvalue weighted by Gasteiger charge is 2.52. The van der Waals surface area contributed by atoms with E-state index in [1.165, 1.54) is 12.8 Å². The van der Waals surface area contributed by atoms with Gasteiger partial charge in [-0.2, -0.15) is 0 Å². The summed E-state index contributed by atoms with van der Waals surface area (Å²) < 4.78 is 7.75. The Balaban J connectivity index is 1.24. The SMILES string of the molecule is Cn1cccc1C(=O)NC1CCN2C(=O)C3CC(OCC4CC4)CN3C(=O)C2C1. The standard InChI is InChI=1S/C21H28N4O4/c1-23-7-2-3-16(23)19(26)22-14-6-8-24-17(9-14)21(28)25-11-15(10-18(25)20(24)27)29-12-13-4-5-13/h2-3,7,13-15,17-18H,4-6,8-12H2,1H3,(H,22,26). The highest BCUT2D eigenvalue weighted by Crippen LogP contribution is 2.34. The van der Waals surface area contributed by atoms with Crippen molar-refractivity contribution in [1.82, 2.24) is 19.7 Å². The molecule has 0 bridgehead atoms. The van der Waals surface area contributed by atoms with Gasteiger partial charge in [0.25, 0.3) is 5.91 Å². The number of piperidine rings is 1. The van der Waals surface area contributed by atoms with Gasteiger partial charge in [-0.25, -0.2) is 0 Å². The fraction of sp³-hybridized carbons (Fsp3) is 0.667. The Labute approximate surface area is 170 Å². The summed E-state index contributed by atoms with van der Waals surface area (Å²) in [5.74, 6) is 0.571. The highest BCUT2D eigenvalue weighted by molar-refractivity contribution is 5.98. The van der Waals surface area contributed by atoms with Gasteiger partial charge < -0.3 is 24.4 Å². The number of rotatable bonds is 5. The molecule has 1 aliphatic carbocycles. The average Bonchev–Trinajstić information content (AvgIpc) is 3.27. The zero-order chi connectivity index (χ0) is 20.1. The molecule has 4 fully saturated rings. The largest absolute Gasteiger partial charge is 0.376 e. The number of ether oxygens (including phenoxy) is 1. The molecule has 1 aromatic rings. The van der Waals surface area contributed by atoms with Crippen molar-refractivity contribution >= 4 is 17.7 Å². The number of carbonyl (C=O) groups is 3. The maximum Gasteiger partial charge on any atom is 0.268 e. The topological polar surface area (TPSA) is 83.9 Å². The molecule has 5 rings (SSSR count). The molecule has 1 saturated carbocycles. The van der Waals surface area contributed by atoms with Crippen LogP contribution >= 0.6 is 0 Å². The van der Waals surface area contributed by atoms with E-state index in [2.05, 4.69) is 5.32 Å². The fourth-order valence-electron chi connectivity index (χ4n) is 4.89. The Bertz CT molecular complexity index is 832. The zero-order valence-corrected chi connectivity index (χ0v) is 16.8. The zero-order valence-electron chi connectivity index (χ0n) is 16.8. The molecule has 0 radical (unpaired) electrons. The van der Waals surface area contributed by atoms with Crippen LogP contribution in [0, 0.1) is 5.92 Å². The summed E-state index contributed by atoms with van der Waals surface area (Å²) in [5, 5.41) is 3.05. The first kappa shape index (κ1) is 18.7. The second-order valence-corrected chi connectivity index (χ2v) is 8.89. The van der Waals surface area contributed by atoms with Crippen molar-refractivity contribution in [3.63, 3.8) is 0 Å². The second-order valence-electron chi connectivity index (χ2n) is 8.89. The molecular weight excluding hydrogens is 372 g/mol. The van der Waals surface area contributed by atoms with Crippen molar-refractivity contribution in [2.75, 3.05) is 19.7 Å². The Morgan fingerprint density at radius 1 is 1.14 bits per heavy atom. The first-order chi connectivity index (χ1) is 14.0. The summed E-state index contributed by atoms with van der Waals surface area (Å²) in [6, 6.07) is 2.63. The summed E-state index contributed by atoms with van der Waals surface area (Å²) in [6.45, 7) is 1.76. The molecule has 4 aliphatic rings. The van der Waals surface area contributed by atoms with Gasteiger partial charge in [0, 0.05) is 45.4 Å². The van der Waals surface area contributed by atoms with Crippen molar-refractivity contribution in [2.45, 2.75) is 56.3 Å². The van der Waals surface area contributed by atoms with Crippen LogP contribution in [0.15, 0.2) is 18.3 Å². The van der Waals surface area contributed by atoms with E-state index >= 15 is 0 Å². The molecule has 4 unspecified atom stereocenters. The van der Waals surface area contributed by atoms with E-state index in [1.807, 2.05) is 19.3 Å². The van der Waals surface area contributed by atoms with E-state index in [-0.39, 0.29) is 35.9 Å². The Kier molecular flexibility index (Phi) is 4.61. The van der Waals surface area contributed by atoms with Crippen LogP contribution in [0.25, 0.3) is 0 Å². The number of nitrogens with zero attached hydrogens (tertiary/aromatic N) is 3. The van der Waals surface area contributed by atoms with Crippen molar-refractivity contribution in [3.05, 3.63) is 24.0 Å². The Hall–Kier alpha value is -2.35. The number of fused-ring (bicyclic) bond motifs is 2. The molecule has 4 atom stereocenters. The monoisotopic (exact) mass is 400 g/mol. The lowest BCUT2D eigenvalue weighted by Gasteiger charge is -2.46.